The molecule has 114 valence electrons. The summed E-state index contributed by atoms with van der Waals surface area (Å²) in [5.41, 5.74) is 3.11. The summed E-state index contributed by atoms with van der Waals surface area (Å²) in [6.07, 6.45) is 2.66. The van der Waals surface area contributed by atoms with Gasteiger partial charge in [-0.1, -0.05) is 13.0 Å². The van der Waals surface area contributed by atoms with Crippen molar-refractivity contribution >= 4 is 0 Å². The van der Waals surface area contributed by atoms with Gasteiger partial charge in [0, 0.05) is 24.2 Å². The molecule has 0 unspecified atom stereocenters. The van der Waals surface area contributed by atoms with Crippen LogP contribution in [0.3, 0.4) is 0 Å². The monoisotopic (exact) mass is 288 g/mol. The highest BCUT2D eigenvalue weighted by atomic mass is 16.3. The van der Waals surface area contributed by atoms with Gasteiger partial charge in [-0.25, -0.2) is 4.98 Å². The Morgan fingerprint density at radius 1 is 1.10 bits per heavy atom. The minimum atomic E-state index is -0.521. The molecule has 2 N–H and O–H groups in total. The fourth-order valence-corrected chi connectivity index (χ4v) is 2.46. The molecular formula is C17H24N2O2. The fraction of sp³-hybridized carbons (Fsp3) is 0.471. The van der Waals surface area contributed by atoms with Crippen molar-refractivity contribution in [3.05, 3.63) is 47.4 Å². The lowest BCUT2D eigenvalue weighted by Gasteiger charge is -2.14. The Morgan fingerprint density at radius 3 is 2.29 bits per heavy atom. The number of aliphatic hydroxyl groups excluding tert-OH is 2. The molecule has 0 aliphatic heterocycles. The third-order valence-electron chi connectivity index (χ3n) is 3.90. The number of rotatable bonds is 6. The molecule has 0 aromatic carbocycles. The van der Waals surface area contributed by atoms with Crippen LogP contribution in [0.1, 0.15) is 42.8 Å². The third-order valence-corrected chi connectivity index (χ3v) is 3.90. The van der Waals surface area contributed by atoms with Crippen molar-refractivity contribution < 1.29 is 10.2 Å². The molecule has 2 atom stereocenters. The smallest absolute Gasteiger partial charge is 0.136 e. The topological polar surface area (TPSA) is 58.3 Å². The highest BCUT2D eigenvalue weighted by Gasteiger charge is 2.11. The van der Waals surface area contributed by atoms with Gasteiger partial charge in [0.25, 0.3) is 0 Å². The summed E-state index contributed by atoms with van der Waals surface area (Å²) in [6.45, 7) is 6.24. The van der Waals surface area contributed by atoms with E-state index in [0.717, 1.165) is 29.2 Å². The number of nitrogens with zero attached hydrogens (tertiary/aromatic N) is 2. The van der Waals surface area contributed by atoms with E-state index in [4.69, 9.17) is 5.11 Å². The highest BCUT2D eigenvalue weighted by molar-refractivity contribution is 5.33. The summed E-state index contributed by atoms with van der Waals surface area (Å²) in [6, 6.07) is 8.00. The van der Waals surface area contributed by atoms with E-state index < -0.39 is 6.10 Å². The molecule has 0 fully saturated rings. The molecule has 0 amide bonds. The molecule has 0 aliphatic carbocycles. The molecule has 0 radical (unpaired) electrons. The van der Waals surface area contributed by atoms with Crippen molar-refractivity contribution in [2.24, 2.45) is 5.92 Å². The highest BCUT2D eigenvalue weighted by Crippen LogP contribution is 2.22. The lowest BCUT2D eigenvalue weighted by atomic mass is 10.0. The van der Waals surface area contributed by atoms with Gasteiger partial charge in [-0.15, -0.1) is 0 Å². The number of aryl methyl sites for hydroxylation is 2. The van der Waals surface area contributed by atoms with Gasteiger partial charge < -0.3 is 14.8 Å². The zero-order valence-corrected chi connectivity index (χ0v) is 13.0. The summed E-state index contributed by atoms with van der Waals surface area (Å²) in [5.74, 6) is 1.09. The minimum Gasteiger partial charge on any atom is -0.396 e. The van der Waals surface area contributed by atoms with Crippen molar-refractivity contribution in [2.75, 3.05) is 6.61 Å². The SMILES string of the molecule is Cc1ccc(C)n1-c1ccc([C@H](O)CC[C@@H](C)CO)cn1. The van der Waals surface area contributed by atoms with E-state index in [0.29, 0.717) is 6.42 Å². The number of aromatic nitrogens is 2. The quantitative estimate of drug-likeness (QED) is 0.859. The van der Waals surface area contributed by atoms with E-state index in [1.807, 2.05) is 32.9 Å². The van der Waals surface area contributed by atoms with Crippen molar-refractivity contribution in [1.82, 2.24) is 9.55 Å². The maximum Gasteiger partial charge on any atom is 0.136 e. The average Bonchev–Trinajstić information content (AvgIpc) is 2.83. The molecule has 4 nitrogen and oxygen atoms in total. The lowest BCUT2D eigenvalue weighted by molar-refractivity contribution is 0.146. The van der Waals surface area contributed by atoms with Gasteiger partial charge in [0.15, 0.2) is 0 Å². The predicted octanol–water partition coefficient (Wildman–Crippen LogP) is 2.93. The molecule has 2 aromatic heterocycles. The zero-order chi connectivity index (χ0) is 15.4. The molecule has 2 heterocycles. The molecule has 21 heavy (non-hydrogen) atoms. The maximum atomic E-state index is 10.2. The van der Waals surface area contributed by atoms with Crippen LogP contribution < -0.4 is 0 Å². The predicted molar refractivity (Wildman–Crippen MR) is 83.5 cm³/mol. The van der Waals surface area contributed by atoms with Crippen LogP contribution >= 0.6 is 0 Å². The van der Waals surface area contributed by atoms with E-state index >= 15 is 0 Å². The third kappa shape index (κ3) is 3.71. The number of aliphatic hydroxyl groups is 2. The number of pyridine rings is 1. The second kappa shape index (κ2) is 6.87. The summed E-state index contributed by atoms with van der Waals surface area (Å²) in [5, 5.41) is 19.2. The maximum absolute atomic E-state index is 10.2. The fourth-order valence-electron chi connectivity index (χ4n) is 2.46. The summed E-state index contributed by atoms with van der Waals surface area (Å²) < 4.78 is 2.09. The lowest BCUT2D eigenvalue weighted by Crippen LogP contribution is -2.06. The van der Waals surface area contributed by atoms with Crippen LogP contribution in [0.5, 0.6) is 0 Å². The summed E-state index contributed by atoms with van der Waals surface area (Å²) >= 11 is 0. The number of hydrogen-bond acceptors (Lipinski definition) is 3. The second-order valence-corrected chi connectivity index (χ2v) is 5.78. The molecule has 0 spiro atoms. The minimum absolute atomic E-state index is 0.163. The first kappa shape index (κ1) is 15.7. The molecule has 0 aliphatic rings. The van der Waals surface area contributed by atoms with E-state index in [1.54, 1.807) is 6.20 Å². The van der Waals surface area contributed by atoms with Gasteiger partial charge >= 0.3 is 0 Å². The van der Waals surface area contributed by atoms with Crippen molar-refractivity contribution in [3.8, 4) is 5.82 Å². The van der Waals surface area contributed by atoms with Gasteiger partial charge in [-0.05, 0) is 56.4 Å². The van der Waals surface area contributed by atoms with Crippen LogP contribution in [0, 0.1) is 19.8 Å². The van der Waals surface area contributed by atoms with Crippen LogP contribution in [0.4, 0.5) is 0 Å². The Morgan fingerprint density at radius 2 is 1.76 bits per heavy atom. The first-order valence-corrected chi connectivity index (χ1v) is 7.43. The summed E-state index contributed by atoms with van der Waals surface area (Å²) in [7, 11) is 0. The van der Waals surface area contributed by atoms with E-state index in [1.165, 1.54) is 0 Å². The van der Waals surface area contributed by atoms with Crippen LogP contribution in [0.25, 0.3) is 5.82 Å². The van der Waals surface area contributed by atoms with Crippen molar-refractivity contribution in [1.29, 1.82) is 0 Å². The second-order valence-electron chi connectivity index (χ2n) is 5.78. The van der Waals surface area contributed by atoms with Gasteiger partial charge in [0.05, 0.1) is 6.10 Å². The van der Waals surface area contributed by atoms with Gasteiger partial charge in [0.2, 0.25) is 0 Å². The normalized spacial score (nSPS) is 14.1. The molecular weight excluding hydrogens is 264 g/mol. The molecule has 0 saturated carbocycles. The van der Waals surface area contributed by atoms with Crippen LogP contribution in [-0.4, -0.2) is 26.4 Å². The average molecular weight is 288 g/mol. The molecule has 4 heteroatoms. The Balaban J connectivity index is 2.08. The van der Waals surface area contributed by atoms with Gasteiger partial charge in [-0.2, -0.15) is 0 Å². The standard InChI is InChI=1S/C17H24N2O2/c1-12(11-20)4-8-16(21)15-7-9-17(18-10-15)19-13(2)5-6-14(19)3/h5-7,9-10,12,16,20-21H,4,8,11H2,1-3H3/t12-,16-/m1/s1. The molecule has 0 saturated heterocycles. The largest absolute Gasteiger partial charge is 0.396 e. The Bertz CT molecular complexity index is 555. The van der Waals surface area contributed by atoms with Gasteiger partial charge in [-0.3, -0.25) is 0 Å². The Hall–Kier alpha value is -1.65. The first-order valence-electron chi connectivity index (χ1n) is 7.43. The van der Waals surface area contributed by atoms with Crippen molar-refractivity contribution in [2.45, 2.75) is 39.7 Å². The zero-order valence-electron chi connectivity index (χ0n) is 13.0. The van der Waals surface area contributed by atoms with Crippen LogP contribution in [-0.2, 0) is 0 Å². The van der Waals surface area contributed by atoms with E-state index in [2.05, 4.69) is 21.7 Å². The van der Waals surface area contributed by atoms with E-state index in [-0.39, 0.29) is 12.5 Å². The Labute approximate surface area is 126 Å². The summed E-state index contributed by atoms with van der Waals surface area (Å²) in [4.78, 5) is 4.46. The molecule has 2 aromatic rings. The molecule has 0 bridgehead atoms. The van der Waals surface area contributed by atoms with E-state index in [9.17, 15) is 5.11 Å². The number of hydrogen-bond donors (Lipinski definition) is 2. The van der Waals surface area contributed by atoms with Crippen LogP contribution in [0.2, 0.25) is 0 Å². The van der Waals surface area contributed by atoms with Crippen LogP contribution in [0.15, 0.2) is 30.5 Å². The van der Waals surface area contributed by atoms with Crippen molar-refractivity contribution in [3.63, 3.8) is 0 Å². The van der Waals surface area contributed by atoms with Gasteiger partial charge in [0.1, 0.15) is 5.82 Å². The Kier molecular flexibility index (Phi) is 5.15. The molecule has 2 rings (SSSR count). The first-order chi connectivity index (χ1) is 10.0.